The first-order valence-electron chi connectivity index (χ1n) is 9.28. The zero-order valence-electron chi connectivity index (χ0n) is 15.7. The van der Waals surface area contributed by atoms with Gasteiger partial charge in [-0.05, 0) is 37.1 Å². The molecule has 1 unspecified atom stereocenters. The third kappa shape index (κ3) is 4.10. The van der Waals surface area contributed by atoms with Crippen molar-refractivity contribution in [3.05, 3.63) is 48.5 Å². The van der Waals surface area contributed by atoms with Gasteiger partial charge in [-0.3, -0.25) is 9.69 Å². The maximum absolute atomic E-state index is 13.1. The monoisotopic (exact) mass is 398 g/mol. The van der Waals surface area contributed by atoms with Crippen LogP contribution in [0.25, 0.3) is 10.2 Å². The Hall–Kier alpha value is -2.64. The Balaban J connectivity index is 1.54. The van der Waals surface area contributed by atoms with Crippen molar-refractivity contribution < 1.29 is 19.0 Å². The highest BCUT2D eigenvalue weighted by Gasteiger charge is 2.26. The quantitative estimate of drug-likeness (QED) is 0.604. The molecule has 0 spiro atoms. The van der Waals surface area contributed by atoms with Gasteiger partial charge in [-0.1, -0.05) is 35.6 Å². The predicted molar refractivity (Wildman–Crippen MR) is 109 cm³/mol. The molecular formula is C21H22N2O4S. The summed E-state index contributed by atoms with van der Waals surface area (Å²) in [4.78, 5) is 19.4. The number of aromatic nitrogens is 1. The van der Waals surface area contributed by atoms with Crippen molar-refractivity contribution in [2.75, 3.05) is 31.8 Å². The number of ether oxygens (including phenoxy) is 3. The molecule has 1 saturated heterocycles. The molecule has 6 nitrogen and oxygen atoms in total. The molecule has 0 N–H and O–H groups in total. The van der Waals surface area contributed by atoms with Crippen LogP contribution in [0.1, 0.15) is 12.8 Å². The normalized spacial score (nSPS) is 16.2. The molecule has 3 aromatic rings. The summed E-state index contributed by atoms with van der Waals surface area (Å²) in [6.07, 6.45) is 1.99. The lowest BCUT2D eigenvalue weighted by Gasteiger charge is -2.23. The average molecular weight is 398 g/mol. The standard InChI is InChI=1S/C21H22N2O4S/c1-25-17-9-3-4-10-18(17)27-14-20(24)23(13-15-7-6-12-26-15)21-22-16-8-2-5-11-19(16)28-21/h2-5,8-11,15H,6-7,12-14H2,1H3. The maximum Gasteiger partial charge on any atom is 0.266 e. The smallest absolute Gasteiger partial charge is 0.266 e. The van der Waals surface area contributed by atoms with Gasteiger partial charge in [0.05, 0.1) is 30.0 Å². The molecule has 1 atom stereocenters. The highest BCUT2D eigenvalue weighted by atomic mass is 32.1. The third-order valence-corrected chi connectivity index (χ3v) is 5.70. The Kier molecular flexibility index (Phi) is 5.73. The van der Waals surface area contributed by atoms with E-state index in [0.717, 1.165) is 29.7 Å². The Labute approximate surface area is 167 Å². The summed E-state index contributed by atoms with van der Waals surface area (Å²) in [5, 5.41) is 0.672. The van der Waals surface area contributed by atoms with Crippen LogP contribution in [0, 0.1) is 0 Å². The number of rotatable bonds is 7. The van der Waals surface area contributed by atoms with Crippen molar-refractivity contribution >= 4 is 32.6 Å². The Morgan fingerprint density at radius 2 is 2.00 bits per heavy atom. The lowest BCUT2D eigenvalue weighted by atomic mass is 10.2. The van der Waals surface area contributed by atoms with Crippen molar-refractivity contribution in [3.63, 3.8) is 0 Å². The zero-order valence-corrected chi connectivity index (χ0v) is 16.5. The fraction of sp³-hybridized carbons (Fsp3) is 0.333. The molecule has 146 valence electrons. The van der Waals surface area contributed by atoms with Gasteiger partial charge < -0.3 is 14.2 Å². The summed E-state index contributed by atoms with van der Waals surface area (Å²) in [5.41, 5.74) is 0.887. The van der Waals surface area contributed by atoms with E-state index in [1.165, 1.54) is 11.3 Å². The maximum atomic E-state index is 13.1. The van der Waals surface area contributed by atoms with Gasteiger partial charge in [0.1, 0.15) is 0 Å². The molecule has 2 heterocycles. The molecule has 1 aliphatic heterocycles. The van der Waals surface area contributed by atoms with E-state index in [1.807, 2.05) is 36.4 Å². The van der Waals surface area contributed by atoms with Crippen molar-refractivity contribution in [2.24, 2.45) is 0 Å². The second-order valence-corrected chi connectivity index (χ2v) is 7.55. The number of amides is 1. The summed E-state index contributed by atoms with van der Waals surface area (Å²) in [6.45, 7) is 1.13. The molecule has 2 aromatic carbocycles. The topological polar surface area (TPSA) is 60.9 Å². The number of hydrogen-bond donors (Lipinski definition) is 0. The number of para-hydroxylation sites is 3. The number of hydrogen-bond acceptors (Lipinski definition) is 6. The molecule has 7 heteroatoms. The molecule has 0 aliphatic carbocycles. The molecule has 4 rings (SSSR count). The molecule has 0 saturated carbocycles. The number of nitrogens with zero attached hydrogens (tertiary/aromatic N) is 2. The van der Waals surface area contributed by atoms with Gasteiger partial charge in [0.2, 0.25) is 0 Å². The van der Waals surface area contributed by atoms with Crippen LogP contribution in [-0.4, -0.2) is 43.9 Å². The van der Waals surface area contributed by atoms with Gasteiger partial charge >= 0.3 is 0 Å². The number of anilines is 1. The number of methoxy groups -OCH3 is 1. The lowest BCUT2D eigenvalue weighted by Crippen LogP contribution is -2.40. The third-order valence-electron chi connectivity index (χ3n) is 4.64. The number of carbonyl (C=O) groups is 1. The zero-order chi connectivity index (χ0) is 19.3. The number of fused-ring (bicyclic) bond motifs is 1. The van der Waals surface area contributed by atoms with Gasteiger partial charge in [-0.2, -0.15) is 0 Å². The Morgan fingerprint density at radius 3 is 2.75 bits per heavy atom. The van der Waals surface area contributed by atoms with Crippen molar-refractivity contribution in [1.29, 1.82) is 0 Å². The van der Waals surface area contributed by atoms with E-state index in [1.54, 1.807) is 24.1 Å². The predicted octanol–water partition coefficient (Wildman–Crippen LogP) is 3.90. The number of benzene rings is 2. The summed E-state index contributed by atoms with van der Waals surface area (Å²) < 4.78 is 17.8. The number of thiazole rings is 1. The van der Waals surface area contributed by atoms with Gasteiger partial charge in [0.15, 0.2) is 23.2 Å². The van der Waals surface area contributed by atoms with Gasteiger partial charge in [0, 0.05) is 6.61 Å². The summed E-state index contributed by atoms with van der Waals surface area (Å²) >= 11 is 1.50. The summed E-state index contributed by atoms with van der Waals surface area (Å²) in [5.74, 6) is 0.987. The molecule has 0 radical (unpaired) electrons. The van der Waals surface area contributed by atoms with Crippen molar-refractivity contribution in [1.82, 2.24) is 4.98 Å². The van der Waals surface area contributed by atoms with Crippen LogP contribution in [0.15, 0.2) is 48.5 Å². The van der Waals surface area contributed by atoms with Crippen LogP contribution < -0.4 is 14.4 Å². The lowest BCUT2D eigenvalue weighted by molar-refractivity contribution is -0.121. The minimum atomic E-state index is -0.152. The molecule has 1 fully saturated rings. The Bertz CT molecular complexity index is 919. The molecular weight excluding hydrogens is 376 g/mol. The van der Waals surface area contributed by atoms with E-state index in [4.69, 9.17) is 14.2 Å². The van der Waals surface area contributed by atoms with Crippen LogP contribution >= 0.6 is 11.3 Å². The first-order chi connectivity index (χ1) is 13.7. The van der Waals surface area contributed by atoms with Crippen molar-refractivity contribution in [2.45, 2.75) is 18.9 Å². The first-order valence-corrected chi connectivity index (χ1v) is 10.1. The highest BCUT2D eigenvalue weighted by molar-refractivity contribution is 7.22. The highest BCUT2D eigenvalue weighted by Crippen LogP contribution is 2.30. The van der Waals surface area contributed by atoms with Crippen LogP contribution in [0.5, 0.6) is 11.5 Å². The van der Waals surface area contributed by atoms with E-state index < -0.39 is 0 Å². The number of carbonyl (C=O) groups excluding carboxylic acids is 1. The molecule has 0 bridgehead atoms. The molecule has 28 heavy (non-hydrogen) atoms. The van der Waals surface area contributed by atoms with Gasteiger partial charge in [0.25, 0.3) is 5.91 Å². The van der Waals surface area contributed by atoms with Crippen LogP contribution in [0.4, 0.5) is 5.13 Å². The first kappa shape index (κ1) is 18.7. The van der Waals surface area contributed by atoms with Crippen molar-refractivity contribution in [3.8, 4) is 11.5 Å². The second kappa shape index (κ2) is 8.58. The average Bonchev–Trinajstić information content (AvgIpc) is 3.39. The fourth-order valence-corrected chi connectivity index (χ4v) is 4.20. The van der Waals surface area contributed by atoms with Gasteiger partial charge in [-0.25, -0.2) is 4.98 Å². The van der Waals surface area contributed by atoms with E-state index >= 15 is 0 Å². The fourth-order valence-electron chi connectivity index (χ4n) is 3.21. The second-order valence-electron chi connectivity index (χ2n) is 6.54. The van der Waals surface area contributed by atoms with Crippen LogP contribution in [0.3, 0.4) is 0 Å². The molecule has 1 aliphatic rings. The van der Waals surface area contributed by atoms with E-state index in [2.05, 4.69) is 4.98 Å². The van der Waals surface area contributed by atoms with Gasteiger partial charge in [-0.15, -0.1) is 0 Å². The minimum absolute atomic E-state index is 0.0298. The minimum Gasteiger partial charge on any atom is -0.493 e. The largest absolute Gasteiger partial charge is 0.493 e. The molecule has 1 amide bonds. The van der Waals surface area contributed by atoms with Crippen LogP contribution in [-0.2, 0) is 9.53 Å². The van der Waals surface area contributed by atoms with E-state index in [9.17, 15) is 4.79 Å². The summed E-state index contributed by atoms with van der Waals surface area (Å²) in [6, 6.07) is 15.2. The summed E-state index contributed by atoms with van der Waals surface area (Å²) in [7, 11) is 1.58. The molecule has 1 aromatic heterocycles. The van der Waals surface area contributed by atoms with E-state index in [-0.39, 0.29) is 18.6 Å². The van der Waals surface area contributed by atoms with Crippen LogP contribution in [0.2, 0.25) is 0 Å². The Morgan fingerprint density at radius 1 is 1.21 bits per heavy atom. The van der Waals surface area contributed by atoms with E-state index in [0.29, 0.717) is 23.2 Å². The SMILES string of the molecule is COc1ccccc1OCC(=O)N(CC1CCCO1)c1nc2ccccc2s1.